The van der Waals surface area contributed by atoms with E-state index in [1.54, 1.807) is 24.3 Å². The summed E-state index contributed by atoms with van der Waals surface area (Å²) in [5.41, 5.74) is 2.22. The van der Waals surface area contributed by atoms with Gasteiger partial charge in [-0.05, 0) is 36.4 Å². The molecule has 1 aliphatic rings. The van der Waals surface area contributed by atoms with Crippen LogP contribution in [0.5, 0.6) is 5.75 Å². The van der Waals surface area contributed by atoms with E-state index in [9.17, 15) is 4.79 Å². The van der Waals surface area contributed by atoms with Gasteiger partial charge in [0.25, 0.3) is 0 Å². The summed E-state index contributed by atoms with van der Waals surface area (Å²) < 4.78 is 6.40. The van der Waals surface area contributed by atoms with Gasteiger partial charge in [0.1, 0.15) is 5.75 Å². The van der Waals surface area contributed by atoms with Crippen LogP contribution in [0.15, 0.2) is 40.9 Å². The van der Waals surface area contributed by atoms with Crippen LogP contribution in [0.25, 0.3) is 0 Å². The number of rotatable bonds is 2. The molecule has 0 atom stereocenters. The highest BCUT2D eigenvalue weighted by molar-refractivity contribution is 9.10. The van der Waals surface area contributed by atoms with Crippen molar-refractivity contribution in [2.75, 3.05) is 6.61 Å². The highest BCUT2D eigenvalue weighted by atomic mass is 79.9. The van der Waals surface area contributed by atoms with Gasteiger partial charge in [-0.3, -0.25) is 4.79 Å². The van der Waals surface area contributed by atoms with Crippen molar-refractivity contribution in [3.8, 4) is 5.75 Å². The standard InChI is InChI=1S/C17H14BrClO2/c1-17(2)9-21-15-6-3-10(7-13(15)17)16(20)12-8-11(19)4-5-14(12)18/h3-8H,9H2,1-2H3. The first-order valence-corrected chi connectivity index (χ1v) is 7.83. The quantitative estimate of drug-likeness (QED) is 0.700. The maximum absolute atomic E-state index is 12.7. The third-order valence-corrected chi connectivity index (χ3v) is 4.66. The molecule has 1 aliphatic heterocycles. The lowest BCUT2D eigenvalue weighted by Gasteiger charge is -2.15. The second-order valence-corrected chi connectivity index (χ2v) is 7.13. The molecule has 0 saturated heterocycles. The highest BCUT2D eigenvalue weighted by Gasteiger charge is 2.32. The third-order valence-electron chi connectivity index (χ3n) is 3.73. The molecule has 4 heteroatoms. The summed E-state index contributed by atoms with van der Waals surface area (Å²) in [6.45, 7) is 4.87. The lowest BCUT2D eigenvalue weighted by Crippen LogP contribution is -2.18. The SMILES string of the molecule is CC1(C)COc2ccc(C(=O)c3cc(Cl)ccc3Br)cc21. The molecule has 2 aromatic carbocycles. The molecule has 0 N–H and O–H groups in total. The van der Waals surface area contributed by atoms with Gasteiger partial charge in [-0.1, -0.05) is 41.4 Å². The van der Waals surface area contributed by atoms with Crippen LogP contribution in [-0.2, 0) is 5.41 Å². The second-order valence-electron chi connectivity index (χ2n) is 5.84. The maximum Gasteiger partial charge on any atom is 0.194 e. The Balaban J connectivity index is 2.06. The molecular formula is C17H14BrClO2. The van der Waals surface area contributed by atoms with Crippen molar-refractivity contribution in [2.24, 2.45) is 0 Å². The number of fused-ring (bicyclic) bond motifs is 1. The molecule has 3 rings (SSSR count). The van der Waals surface area contributed by atoms with Crippen LogP contribution in [0.2, 0.25) is 5.02 Å². The molecule has 0 spiro atoms. The maximum atomic E-state index is 12.7. The van der Waals surface area contributed by atoms with E-state index in [-0.39, 0.29) is 11.2 Å². The van der Waals surface area contributed by atoms with E-state index < -0.39 is 0 Å². The smallest absolute Gasteiger partial charge is 0.194 e. The number of carbonyl (C=O) groups excluding carboxylic acids is 1. The summed E-state index contributed by atoms with van der Waals surface area (Å²) in [5.74, 6) is 0.816. The van der Waals surface area contributed by atoms with Crippen LogP contribution in [0.3, 0.4) is 0 Å². The molecule has 0 unspecified atom stereocenters. The van der Waals surface area contributed by atoms with Crippen LogP contribution in [0.1, 0.15) is 35.3 Å². The molecule has 0 radical (unpaired) electrons. The second kappa shape index (κ2) is 5.15. The molecule has 0 fully saturated rings. The topological polar surface area (TPSA) is 26.3 Å². The zero-order valence-electron chi connectivity index (χ0n) is 11.7. The Morgan fingerprint density at radius 2 is 2.00 bits per heavy atom. The van der Waals surface area contributed by atoms with Crippen LogP contribution in [-0.4, -0.2) is 12.4 Å². The average molecular weight is 366 g/mol. The Bertz CT molecular complexity index is 738. The van der Waals surface area contributed by atoms with Crippen LogP contribution in [0.4, 0.5) is 0 Å². The van der Waals surface area contributed by atoms with E-state index in [1.807, 2.05) is 12.1 Å². The van der Waals surface area contributed by atoms with E-state index in [0.29, 0.717) is 22.8 Å². The van der Waals surface area contributed by atoms with E-state index in [0.717, 1.165) is 15.8 Å². The first-order valence-electron chi connectivity index (χ1n) is 6.65. The Kier molecular flexibility index (Phi) is 3.58. The number of hydrogen-bond acceptors (Lipinski definition) is 2. The fourth-order valence-corrected chi connectivity index (χ4v) is 3.09. The highest BCUT2D eigenvalue weighted by Crippen LogP contribution is 2.39. The minimum absolute atomic E-state index is 0.0464. The molecule has 0 saturated carbocycles. The molecule has 0 bridgehead atoms. The van der Waals surface area contributed by atoms with Crippen LogP contribution < -0.4 is 4.74 Å². The predicted octanol–water partition coefficient (Wildman–Crippen LogP) is 5.00. The first kappa shape index (κ1) is 14.6. The van der Waals surface area contributed by atoms with Gasteiger partial charge in [-0.2, -0.15) is 0 Å². The van der Waals surface area contributed by atoms with Crippen molar-refractivity contribution in [1.82, 2.24) is 0 Å². The Morgan fingerprint density at radius 3 is 2.76 bits per heavy atom. The summed E-state index contributed by atoms with van der Waals surface area (Å²) in [4.78, 5) is 12.7. The summed E-state index contributed by atoms with van der Waals surface area (Å²) >= 11 is 9.40. The first-order chi connectivity index (χ1) is 9.88. The molecule has 108 valence electrons. The molecule has 2 aromatic rings. The third kappa shape index (κ3) is 2.60. The fourth-order valence-electron chi connectivity index (χ4n) is 2.49. The van der Waals surface area contributed by atoms with Crippen molar-refractivity contribution < 1.29 is 9.53 Å². The number of halogens is 2. The van der Waals surface area contributed by atoms with Crippen molar-refractivity contribution in [1.29, 1.82) is 0 Å². The number of carbonyl (C=O) groups is 1. The van der Waals surface area contributed by atoms with E-state index >= 15 is 0 Å². The molecule has 1 heterocycles. The van der Waals surface area contributed by atoms with E-state index in [4.69, 9.17) is 16.3 Å². The van der Waals surface area contributed by atoms with Gasteiger partial charge in [-0.15, -0.1) is 0 Å². The Labute approximate surface area is 137 Å². The minimum Gasteiger partial charge on any atom is -0.492 e. The van der Waals surface area contributed by atoms with Crippen molar-refractivity contribution in [2.45, 2.75) is 19.3 Å². The van der Waals surface area contributed by atoms with E-state index in [1.165, 1.54) is 0 Å². The lowest BCUT2D eigenvalue weighted by molar-refractivity contribution is 0.103. The molecule has 2 nitrogen and oxygen atoms in total. The van der Waals surface area contributed by atoms with Crippen LogP contribution >= 0.6 is 27.5 Å². The fraction of sp³-hybridized carbons (Fsp3) is 0.235. The number of hydrogen-bond donors (Lipinski definition) is 0. The van der Waals surface area contributed by atoms with Crippen molar-refractivity contribution in [3.63, 3.8) is 0 Å². The molecule has 0 aliphatic carbocycles. The Hall–Kier alpha value is -1.32. The van der Waals surface area contributed by atoms with Gasteiger partial charge < -0.3 is 4.74 Å². The number of ketones is 1. The van der Waals surface area contributed by atoms with Gasteiger partial charge in [0.2, 0.25) is 0 Å². The summed E-state index contributed by atoms with van der Waals surface area (Å²) in [7, 11) is 0. The number of ether oxygens (including phenoxy) is 1. The van der Waals surface area contributed by atoms with E-state index in [2.05, 4.69) is 29.8 Å². The zero-order chi connectivity index (χ0) is 15.2. The molecule has 0 aromatic heterocycles. The van der Waals surface area contributed by atoms with Crippen molar-refractivity contribution >= 4 is 33.3 Å². The normalized spacial score (nSPS) is 15.4. The monoisotopic (exact) mass is 364 g/mol. The van der Waals surface area contributed by atoms with Crippen molar-refractivity contribution in [3.05, 3.63) is 62.6 Å². The van der Waals surface area contributed by atoms with Crippen LogP contribution in [0, 0.1) is 0 Å². The molecular weight excluding hydrogens is 352 g/mol. The molecule has 0 amide bonds. The van der Waals surface area contributed by atoms with Gasteiger partial charge in [0.05, 0.1) is 6.61 Å². The average Bonchev–Trinajstić information content (AvgIpc) is 2.76. The summed E-state index contributed by atoms with van der Waals surface area (Å²) in [6, 6.07) is 10.8. The summed E-state index contributed by atoms with van der Waals surface area (Å²) in [5, 5.41) is 0.548. The van der Waals surface area contributed by atoms with Gasteiger partial charge in [-0.25, -0.2) is 0 Å². The predicted molar refractivity (Wildman–Crippen MR) is 87.5 cm³/mol. The van der Waals surface area contributed by atoms with Gasteiger partial charge >= 0.3 is 0 Å². The van der Waals surface area contributed by atoms with Gasteiger partial charge in [0.15, 0.2) is 5.78 Å². The minimum atomic E-state index is -0.0722. The Morgan fingerprint density at radius 1 is 1.24 bits per heavy atom. The zero-order valence-corrected chi connectivity index (χ0v) is 14.1. The number of benzene rings is 2. The molecule has 21 heavy (non-hydrogen) atoms. The lowest BCUT2D eigenvalue weighted by atomic mass is 9.85. The summed E-state index contributed by atoms with van der Waals surface area (Å²) in [6.07, 6.45) is 0. The largest absolute Gasteiger partial charge is 0.492 e. The van der Waals surface area contributed by atoms with Gasteiger partial charge in [0, 0.05) is 31.6 Å².